The van der Waals surface area contributed by atoms with Gasteiger partial charge in [0.15, 0.2) is 0 Å². The highest BCUT2D eigenvalue weighted by atomic mass is 16.5. The van der Waals surface area contributed by atoms with Crippen molar-refractivity contribution < 1.29 is 9.53 Å². The van der Waals surface area contributed by atoms with Crippen molar-refractivity contribution in [2.75, 3.05) is 7.11 Å². The molecule has 3 aromatic carbocycles. The average Bonchev–Trinajstić information content (AvgIpc) is 3.30. The van der Waals surface area contributed by atoms with Gasteiger partial charge >= 0.3 is 0 Å². The molecule has 0 saturated carbocycles. The first-order chi connectivity index (χ1) is 15.7. The molecule has 1 atom stereocenters. The van der Waals surface area contributed by atoms with Crippen LogP contribution in [0.25, 0.3) is 10.8 Å². The summed E-state index contributed by atoms with van der Waals surface area (Å²) in [6.07, 6.45) is 2.31. The van der Waals surface area contributed by atoms with Crippen molar-refractivity contribution >= 4 is 16.7 Å². The van der Waals surface area contributed by atoms with Crippen LogP contribution in [0.2, 0.25) is 0 Å². The van der Waals surface area contributed by atoms with Crippen LogP contribution in [-0.2, 0) is 30.8 Å². The number of aromatic amines is 1. The van der Waals surface area contributed by atoms with E-state index in [0.29, 0.717) is 26.1 Å². The number of hydrogen-bond acceptors (Lipinski definition) is 4. The fraction of sp³-hybridized carbons (Fsp3) is 0.231. The number of nitrogens with zero attached hydrogens (tertiary/aromatic N) is 2. The van der Waals surface area contributed by atoms with E-state index in [1.54, 1.807) is 13.4 Å². The lowest BCUT2D eigenvalue weighted by Crippen LogP contribution is -2.49. The molecule has 32 heavy (non-hydrogen) atoms. The van der Waals surface area contributed by atoms with E-state index in [1.807, 2.05) is 48.5 Å². The summed E-state index contributed by atoms with van der Waals surface area (Å²) >= 11 is 0. The topological polar surface area (TPSA) is 70.2 Å². The number of H-pyrrole nitrogens is 1. The minimum Gasteiger partial charge on any atom is -0.496 e. The molecule has 6 nitrogen and oxygen atoms in total. The van der Waals surface area contributed by atoms with Crippen LogP contribution in [-0.4, -0.2) is 33.9 Å². The third kappa shape index (κ3) is 3.97. The molecule has 1 aliphatic rings. The average molecular weight is 427 g/mol. The number of fused-ring (bicyclic) bond motifs is 2. The van der Waals surface area contributed by atoms with E-state index in [4.69, 9.17) is 4.74 Å². The predicted molar refractivity (Wildman–Crippen MR) is 124 cm³/mol. The van der Waals surface area contributed by atoms with Gasteiger partial charge < -0.3 is 15.0 Å². The SMILES string of the molecule is COc1ccc(CN2Cc3[nH]cnc3C[C@H]2C(=O)NCc2ccccc2)c2ccccc12. The van der Waals surface area contributed by atoms with E-state index < -0.39 is 0 Å². The molecule has 0 bridgehead atoms. The summed E-state index contributed by atoms with van der Waals surface area (Å²) in [5, 5.41) is 5.35. The summed E-state index contributed by atoms with van der Waals surface area (Å²) < 4.78 is 5.55. The minimum atomic E-state index is -0.282. The Bertz CT molecular complexity index is 1240. The molecule has 0 spiro atoms. The number of methoxy groups -OCH3 is 1. The zero-order chi connectivity index (χ0) is 21.9. The molecule has 1 aliphatic heterocycles. The molecule has 2 heterocycles. The van der Waals surface area contributed by atoms with Gasteiger partial charge in [0.05, 0.1) is 30.9 Å². The molecule has 0 radical (unpaired) electrons. The molecule has 0 aliphatic carbocycles. The van der Waals surface area contributed by atoms with Gasteiger partial charge in [0.1, 0.15) is 5.75 Å². The normalized spacial score (nSPS) is 16.0. The van der Waals surface area contributed by atoms with Crippen LogP contribution < -0.4 is 10.1 Å². The zero-order valence-electron chi connectivity index (χ0n) is 18.0. The Morgan fingerprint density at radius 3 is 2.69 bits per heavy atom. The number of aromatic nitrogens is 2. The molecular weight excluding hydrogens is 400 g/mol. The lowest BCUT2D eigenvalue weighted by molar-refractivity contribution is -0.127. The van der Waals surface area contributed by atoms with Gasteiger partial charge in [0.25, 0.3) is 0 Å². The number of amides is 1. The number of ether oxygens (including phenoxy) is 1. The summed E-state index contributed by atoms with van der Waals surface area (Å²) in [5.74, 6) is 0.885. The molecule has 0 fully saturated rings. The van der Waals surface area contributed by atoms with Crippen molar-refractivity contribution in [3.63, 3.8) is 0 Å². The summed E-state index contributed by atoms with van der Waals surface area (Å²) in [6.45, 7) is 1.83. The lowest BCUT2D eigenvalue weighted by Gasteiger charge is -2.34. The van der Waals surface area contributed by atoms with E-state index >= 15 is 0 Å². The van der Waals surface area contributed by atoms with Crippen molar-refractivity contribution in [2.24, 2.45) is 0 Å². The van der Waals surface area contributed by atoms with Crippen LogP contribution in [0.5, 0.6) is 5.75 Å². The quantitative estimate of drug-likeness (QED) is 0.492. The van der Waals surface area contributed by atoms with Crippen molar-refractivity contribution in [2.45, 2.75) is 32.1 Å². The van der Waals surface area contributed by atoms with E-state index in [1.165, 1.54) is 5.56 Å². The second kappa shape index (κ2) is 8.85. The lowest BCUT2D eigenvalue weighted by atomic mass is 9.98. The first-order valence-corrected chi connectivity index (χ1v) is 10.8. The molecule has 0 unspecified atom stereocenters. The Labute approximate surface area is 187 Å². The summed E-state index contributed by atoms with van der Waals surface area (Å²) in [4.78, 5) is 23.2. The third-order valence-electron chi connectivity index (χ3n) is 6.18. The summed E-state index contributed by atoms with van der Waals surface area (Å²) in [5.41, 5.74) is 4.31. The molecular formula is C26H26N4O2. The van der Waals surface area contributed by atoms with Crippen LogP contribution >= 0.6 is 0 Å². The third-order valence-corrected chi connectivity index (χ3v) is 6.18. The second-order valence-electron chi connectivity index (χ2n) is 8.13. The summed E-state index contributed by atoms with van der Waals surface area (Å²) in [7, 11) is 1.69. The molecule has 1 aromatic heterocycles. The molecule has 2 N–H and O–H groups in total. The van der Waals surface area contributed by atoms with Crippen LogP contribution in [0.1, 0.15) is 22.5 Å². The number of hydrogen-bond donors (Lipinski definition) is 2. The highest BCUT2D eigenvalue weighted by Gasteiger charge is 2.33. The van der Waals surface area contributed by atoms with Crippen LogP contribution in [0.4, 0.5) is 0 Å². The van der Waals surface area contributed by atoms with Gasteiger partial charge in [0.2, 0.25) is 5.91 Å². The number of imidazole rings is 1. The molecule has 162 valence electrons. The van der Waals surface area contributed by atoms with E-state index in [-0.39, 0.29) is 11.9 Å². The van der Waals surface area contributed by atoms with Crippen molar-refractivity contribution in [1.82, 2.24) is 20.2 Å². The Hall–Kier alpha value is -3.64. The number of benzene rings is 3. The smallest absolute Gasteiger partial charge is 0.238 e. The predicted octanol–water partition coefficient (Wildman–Crippen LogP) is 3.81. The summed E-state index contributed by atoms with van der Waals surface area (Å²) in [6, 6.07) is 22.1. The maximum absolute atomic E-state index is 13.3. The maximum atomic E-state index is 13.3. The molecule has 0 saturated heterocycles. The number of carbonyl (C=O) groups is 1. The van der Waals surface area contributed by atoms with E-state index in [2.05, 4.69) is 38.4 Å². The number of carbonyl (C=O) groups excluding carboxylic acids is 1. The minimum absolute atomic E-state index is 0.0281. The zero-order valence-corrected chi connectivity index (χ0v) is 18.0. The molecule has 1 amide bonds. The maximum Gasteiger partial charge on any atom is 0.238 e. The Balaban J connectivity index is 1.42. The monoisotopic (exact) mass is 426 g/mol. The highest BCUT2D eigenvalue weighted by Crippen LogP contribution is 2.31. The Morgan fingerprint density at radius 2 is 1.88 bits per heavy atom. The van der Waals surface area contributed by atoms with Gasteiger partial charge in [-0.3, -0.25) is 9.69 Å². The van der Waals surface area contributed by atoms with Gasteiger partial charge in [-0.2, -0.15) is 0 Å². The first-order valence-electron chi connectivity index (χ1n) is 10.8. The van der Waals surface area contributed by atoms with E-state index in [9.17, 15) is 4.79 Å². The van der Waals surface area contributed by atoms with Gasteiger partial charge in [-0.1, -0.05) is 60.7 Å². The standard InChI is InChI=1S/C26H26N4O2/c1-32-25-12-11-19(20-9-5-6-10-21(20)25)15-30-16-23-22(28-17-29-23)13-24(30)26(31)27-14-18-7-3-2-4-8-18/h2-12,17,24H,13-16H2,1H3,(H,27,31)(H,28,29)/t24-/m0/s1. The Kier molecular flexibility index (Phi) is 5.60. The Morgan fingerprint density at radius 1 is 1.09 bits per heavy atom. The first kappa shape index (κ1) is 20.3. The molecule has 4 aromatic rings. The van der Waals surface area contributed by atoms with Crippen LogP contribution in [0.15, 0.2) is 73.1 Å². The largest absolute Gasteiger partial charge is 0.496 e. The van der Waals surface area contributed by atoms with Gasteiger partial charge in [-0.25, -0.2) is 4.98 Å². The van der Waals surface area contributed by atoms with Crippen LogP contribution in [0.3, 0.4) is 0 Å². The van der Waals surface area contributed by atoms with Crippen molar-refractivity contribution in [3.8, 4) is 5.75 Å². The van der Waals surface area contributed by atoms with Gasteiger partial charge in [-0.05, 0) is 22.6 Å². The van der Waals surface area contributed by atoms with Gasteiger partial charge in [0, 0.05) is 31.4 Å². The van der Waals surface area contributed by atoms with E-state index in [0.717, 1.165) is 33.5 Å². The fourth-order valence-corrected chi connectivity index (χ4v) is 4.48. The molecule has 6 heteroatoms. The number of rotatable bonds is 6. The van der Waals surface area contributed by atoms with Crippen molar-refractivity contribution in [3.05, 3.63) is 95.6 Å². The fourth-order valence-electron chi connectivity index (χ4n) is 4.48. The second-order valence-corrected chi connectivity index (χ2v) is 8.13. The van der Waals surface area contributed by atoms with Gasteiger partial charge in [-0.15, -0.1) is 0 Å². The molecule has 5 rings (SSSR count). The highest BCUT2D eigenvalue weighted by molar-refractivity contribution is 5.91. The number of nitrogens with one attached hydrogen (secondary N) is 2. The van der Waals surface area contributed by atoms with Crippen molar-refractivity contribution in [1.29, 1.82) is 0 Å². The van der Waals surface area contributed by atoms with Crippen LogP contribution in [0, 0.1) is 0 Å².